The summed E-state index contributed by atoms with van der Waals surface area (Å²) in [5.74, 6) is 0.703. The minimum absolute atomic E-state index is 0.191. The van der Waals surface area contributed by atoms with Gasteiger partial charge < -0.3 is 26.0 Å². The molecule has 0 unspecified atom stereocenters. The first-order chi connectivity index (χ1) is 15.9. The average molecular weight is 514 g/mol. The van der Waals surface area contributed by atoms with Crippen LogP contribution in [-0.2, 0) is 6.54 Å². The fraction of sp³-hybridized carbons (Fsp3) is 0.458. The lowest BCUT2D eigenvalue weighted by atomic mass is 9.96. The number of anilines is 1. The summed E-state index contributed by atoms with van der Waals surface area (Å²) in [5, 5.41) is 8.00. The largest absolute Gasteiger partial charge is 0.496 e. The molecular formula is C24H31Cl3N4O2. The normalized spacial score (nSPS) is 14.9. The highest BCUT2D eigenvalue weighted by molar-refractivity contribution is 6.42. The summed E-state index contributed by atoms with van der Waals surface area (Å²) in [6.07, 6.45) is 3.22. The topological polar surface area (TPSA) is 79.6 Å². The number of benzene rings is 2. The Balaban J connectivity index is 1.32. The van der Waals surface area contributed by atoms with E-state index in [2.05, 4.69) is 15.5 Å². The van der Waals surface area contributed by atoms with E-state index in [4.69, 9.17) is 45.3 Å². The fourth-order valence-electron chi connectivity index (χ4n) is 3.97. The van der Waals surface area contributed by atoms with E-state index in [0.717, 1.165) is 57.5 Å². The number of carbonyl (C=O) groups excluding carboxylic acids is 1. The van der Waals surface area contributed by atoms with Crippen molar-refractivity contribution in [1.29, 1.82) is 0 Å². The molecule has 0 radical (unpaired) electrons. The number of carbonyl (C=O) groups is 1. The third kappa shape index (κ3) is 7.66. The smallest absolute Gasteiger partial charge is 0.255 e. The number of nitrogens with zero attached hydrogens (tertiary/aromatic N) is 1. The number of hydrogen-bond acceptors (Lipinski definition) is 5. The number of ether oxygens (including phenoxy) is 1. The lowest BCUT2D eigenvalue weighted by molar-refractivity contribution is 0.0933. The number of amides is 1. The molecule has 4 N–H and O–H groups in total. The maximum atomic E-state index is 12.6. The predicted molar refractivity (Wildman–Crippen MR) is 137 cm³/mol. The van der Waals surface area contributed by atoms with Crippen molar-refractivity contribution in [2.24, 2.45) is 5.92 Å². The first-order valence-corrected chi connectivity index (χ1v) is 12.3. The lowest BCUT2D eigenvalue weighted by Crippen LogP contribution is -2.39. The van der Waals surface area contributed by atoms with E-state index in [0.29, 0.717) is 44.5 Å². The van der Waals surface area contributed by atoms with Crippen LogP contribution in [0.25, 0.3) is 0 Å². The number of methoxy groups -OCH3 is 1. The molecule has 0 bridgehead atoms. The van der Waals surface area contributed by atoms with Gasteiger partial charge in [-0.3, -0.25) is 4.79 Å². The highest BCUT2D eigenvalue weighted by atomic mass is 35.5. The van der Waals surface area contributed by atoms with E-state index < -0.39 is 0 Å². The molecule has 6 nitrogen and oxygen atoms in total. The molecule has 2 aromatic rings. The number of likely N-dealkylation sites (tertiary alicyclic amines) is 1. The van der Waals surface area contributed by atoms with Gasteiger partial charge in [0.1, 0.15) is 5.75 Å². The van der Waals surface area contributed by atoms with Gasteiger partial charge in [-0.15, -0.1) is 0 Å². The molecule has 0 aromatic heterocycles. The second-order valence-corrected chi connectivity index (χ2v) is 9.57. The van der Waals surface area contributed by atoms with E-state index in [1.165, 1.54) is 7.11 Å². The number of halogens is 3. The summed E-state index contributed by atoms with van der Waals surface area (Å²) in [6, 6.07) is 8.86. The fourth-order valence-corrected chi connectivity index (χ4v) is 4.46. The second kappa shape index (κ2) is 12.7. The van der Waals surface area contributed by atoms with Crippen molar-refractivity contribution in [1.82, 2.24) is 15.5 Å². The quantitative estimate of drug-likeness (QED) is 0.312. The predicted octanol–water partition coefficient (Wildman–Crippen LogP) is 4.86. The zero-order chi connectivity index (χ0) is 23.8. The Morgan fingerprint density at radius 2 is 1.88 bits per heavy atom. The summed E-state index contributed by atoms with van der Waals surface area (Å²) in [5.41, 5.74) is 7.72. The van der Waals surface area contributed by atoms with E-state index in [1.54, 1.807) is 12.1 Å². The molecule has 0 saturated carbocycles. The zero-order valence-electron chi connectivity index (χ0n) is 18.8. The van der Waals surface area contributed by atoms with Crippen molar-refractivity contribution < 1.29 is 9.53 Å². The molecule has 1 aliphatic heterocycles. The van der Waals surface area contributed by atoms with Gasteiger partial charge in [0.05, 0.1) is 33.4 Å². The molecule has 180 valence electrons. The van der Waals surface area contributed by atoms with Crippen LogP contribution in [0.1, 0.15) is 35.2 Å². The summed E-state index contributed by atoms with van der Waals surface area (Å²) in [4.78, 5) is 15.1. The molecule has 0 atom stereocenters. The molecule has 33 heavy (non-hydrogen) atoms. The van der Waals surface area contributed by atoms with Crippen LogP contribution in [0.2, 0.25) is 15.1 Å². The Bertz CT molecular complexity index is 950. The summed E-state index contributed by atoms with van der Waals surface area (Å²) >= 11 is 18.1. The van der Waals surface area contributed by atoms with Crippen LogP contribution in [0.5, 0.6) is 5.75 Å². The van der Waals surface area contributed by atoms with Gasteiger partial charge in [0.2, 0.25) is 0 Å². The zero-order valence-corrected chi connectivity index (χ0v) is 21.1. The van der Waals surface area contributed by atoms with Crippen LogP contribution in [0.15, 0.2) is 30.3 Å². The molecule has 1 fully saturated rings. The van der Waals surface area contributed by atoms with Crippen LogP contribution in [0.3, 0.4) is 0 Å². The second-order valence-electron chi connectivity index (χ2n) is 8.35. The molecule has 1 saturated heterocycles. The van der Waals surface area contributed by atoms with Gasteiger partial charge in [-0.1, -0.05) is 40.9 Å². The van der Waals surface area contributed by atoms with E-state index >= 15 is 0 Å². The monoisotopic (exact) mass is 512 g/mol. The molecule has 1 amide bonds. The maximum absolute atomic E-state index is 12.6. The third-order valence-corrected chi connectivity index (χ3v) is 7.03. The van der Waals surface area contributed by atoms with Gasteiger partial charge >= 0.3 is 0 Å². The van der Waals surface area contributed by atoms with Gasteiger partial charge in [0.25, 0.3) is 5.91 Å². The summed E-state index contributed by atoms with van der Waals surface area (Å²) in [7, 11) is 1.51. The maximum Gasteiger partial charge on any atom is 0.255 e. The molecular weight excluding hydrogens is 483 g/mol. The highest BCUT2D eigenvalue weighted by Gasteiger charge is 2.21. The van der Waals surface area contributed by atoms with Crippen LogP contribution < -0.4 is 21.1 Å². The van der Waals surface area contributed by atoms with Crippen LogP contribution in [-0.4, -0.2) is 50.6 Å². The van der Waals surface area contributed by atoms with Gasteiger partial charge in [0.15, 0.2) is 0 Å². The van der Waals surface area contributed by atoms with Gasteiger partial charge in [-0.05, 0) is 75.1 Å². The highest BCUT2D eigenvalue weighted by Crippen LogP contribution is 2.29. The first-order valence-electron chi connectivity index (χ1n) is 11.2. The Hall–Kier alpha value is -1.70. The number of nitrogen functional groups attached to an aromatic ring is 1. The summed E-state index contributed by atoms with van der Waals surface area (Å²) < 4.78 is 5.28. The standard InChI is InChI=1S/C24H31Cl3N4O2/c1-33-23-13-22(28)21(27)12-18(23)24(32)30-15-16-5-9-31(10-6-16)8-2-7-29-14-17-3-4-19(25)20(26)11-17/h3-4,11-13,16,29H,2,5-10,14-15,28H2,1H3,(H,30,32). The number of rotatable bonds is 10. The van der Waals surface area contributed by atoms with Gasteiger partial charge in [0, 0.05) is 19.2 Å². The Kier molecular flexibility index (Phi) is 9.95. The van der Waals surface area contributed by atoms with Crippen molar-refractivity contribution in [3.8, 4) is 5.75 Å². The van der Waals surface area contributed by atoms with Gasteiger partial charge in [-0.2, -0.15) is 0 Å². The average Bonchev–Trinajstić information content (AvgIpc) is 2.81. The van der Waals surface area contributed by atoms with E-state index in [9.17, 15) is 4.79 Å². The third-order valence-electron chi connectivity index (χ3n) is 5.96. The molecule has 3 rings (SSSR count). The van der Waals surface area contributed by atoms with Crippen molar-refractivity contribution in [2.75, 3.05) is 45.6 Å². The Morgan fingerprint density at radius 1 is 1.12 bits per heavy atom. The van der Waals surface area contributed by atoms with E-state index in [1.807, 2.05) is 18.2 Å². The SMILES string of the molecule is COc1cc(N)c(Cl)cc1C(=O)NCC1CCN(CCCNCc2ccc(Cl)c(Cl)c2)CC1. The van der Waals surface area contributed by atoms with Crippen LogP contribution in [0.4, 0.5) is 5.69 Å². The number of nitrogens with one attached hydrogen (secondary N) is 2. The number of piperidine rings is 1. The van der Waals surface area contributed by atoms with Crippen molar-refractivity contribution >= 4 is 46.4 Å². The van der Waals surface area contributed by atoms with Gasteiger partial charge in [-0.25, -0.2) is 0 Å². The minimum Gasteiger partial charge on any atom is -0.496 e. The number of nitrogens with two attached hydrogens (primary N) is 1. The van der Waals surface area contributed by atoms with Crippen LogP contribution >= 0.6 is 34.8 Å². The molecule has 0 aliphatic carbocycles. The molecule has 0 spiro atoms. The number of hydrogen-bond donors (Lipinski definition) is 3. The Morgan fingerprint density at radius 3 is 2.58 bits per heavy atom. The van der Waals surface area contributed by atoms with Crippen LogP contribution in [0, 0.1) is 5.92 Å². The molecule has 9 heteroatoms. The minimum atomic E-state index is -0.191. The first kappa shape index (κ1) is 25.9. The molecule has 1 aliphatic rings. The van der Waals surface area contributed by atoms with Crippen molar-refractivity contribution in [2.45, 2.75) is 25.8 Å². The van der Waals surface area contributed by atoms with E-state index in [-0.39, 0.29) is 5.91 Å². The summed E-state index contributed by atoms with van der Waals surface area (Å²) in [6.45, 7) is 5.52. The lowest BCUT2D eigenvalue weighted by Gasteiger charge is -2.32. The van der Waals surface area contributed by atoms with Crippen molar-refractivity contribution in [3.05, 3.63) is 56.5 Å². The molecule has 1 heterocycles. The Labute approximate surface area is 210 Å². The van der Waals surface area contributed by atoms with Crippen molar-refractivity contribution in [3.63, 3.8) is 0 Å². The molecule has 2 aromatic carbocycles.